The third-order valence-corrected chi connectivity index (χ3v) is 3.75. The standard InChI is InChI=1S/C15H17Cl3O4/c1-2-20-13(19)9-11-8-12(10-6-4-3-5-7-10)22-14(21-11)15(16,17)18/h3-7,11-12,14H,2,8-9H2,1H3/t11-,12+,14+/m1/s1. The minimum atomic E-state index is -1.74. The maximum absolute atomic E-state index is 11.7. The molecule has 1 fully saturated rings. The highest BCUT2D eigenvalue weighted by Gasteiger charge is 2.43. The van der Waals surface area contributed by atoms with Gasteiger partial charge in [-0.25, -0.2) is 0 Å². The molecule has 0 aliphatic carbocycles. The Labute approximate surface area is 144 Å². The van der Waals surface area contributed by atoms with E-state index >= 15 is 0 Å². The molecule has 22 heavy (non-hydrogen) atoms. The molecule has 1 heterocycles. The topological polar surface area (TPSA) is 44.8 Å². The Morgan fingerprint density at radius 2 is 1.95 bits per heavy atom. The number of carbonyl (C=O) groups is 1. The lowest BCUT2D eigenvalue weighted by atomic mass is 10.0. The normalized spacial score (nSPS) is 25.7. The van der Waals surface area contributed by atoms with Crippen molar-refractivity contribution in [2.75, 3.05) is 6.61 Å². The van der Waals surface area contributed by atoms with E-state index < -0.39 is 16.2 Å². The predicted molar refractivity (Wildman–Crippen MR) is 85.1 cm³/mol. The first-order chi connectivity index (χ1) is 10.4. The van der Waals surface area contributed by atoms with E-state index in [9.17, 15) is 4.79 Å². The molecule has 1 saturated heterocycles. The zero-order chi connectivity index (χ0) is 16.2. The molecule has 1 aromatic rings. The number of ether oxygens (including phenoxy) is 3. The summed E-state index contributed by atoms with van der Waals surface area (Å²) in [5, 5.41) is 0. The molecule has 1 aliphatic rings. The molecule has 0 unspecified atom stereocenters. The molecule has 7 heteroatoms. The molecule has 122 valence electrons. The van der Waals surface area contributed by atoms with Crippen LogP contribution in [0.5, 0.6) is 0 Å². The van der Waals surface area contributed by atoms with Gasteiger partial charge in [0, 0.05) is 6.42 Å². The number of hydrogen-bond acceptors (Lipinski definition) is 4. The molecule has 0 bridgehead atoms. The maximum Gasteiger partial charge on any atom is 0.308 e. The maximum atomic E-state index is 11.7. The van der Waals surface area contributed by atoms with Crippen LogP contribution in [0.1, 0.15) is 31.4 Å². The second-order valence-corrected chi connectivity index (χ2v) is 7.28. The van der Waals surface area contributed by atoms with Crippen LogP contribution in [-0.4, -0.2) is 28.8 Å². The predicted octanol–water partition coefficient (Wildman–Crippen LogP) is 4.18. The van der Waals surface area contributed by atoms with Gasteiger partial charge in [0.25, 0.3) is 0 Å². The van der Waals surface area contributed by atoms with E-state index in [1.165, 1.54) is 0 Å². The molecule has 1 aliphatic heterocycles. The first-order valence-electron chi connectivity index (χ1n) is 6.98. The van der Waals surface area contributed by atoms with E-state index in [1.807, 2.05) is 30.3 Å². The molecule has 3 atom stereocenters. The molecular weight excluding hydrogens is 351 g/mol. The van der Waals surface area contributed by atoms with Gasteiger partial charge < -0.3 is 14.2 Å². The zero-order valence-corrected chi connectivity index (χ0v) is 14.3. The molecule has 4 nitrogen and oxygen atoms in total. The molecule has 0 amide bonds. The highest BCUT2D eigenvalue weighted by Crippen LogP contribution is 2.41. The number of halogens is 3. The van der Waals surface area contributed by atoms with Crippen molar-refractivity contribution in [2.24, 2.45) is 0 Å². The van der Waals surface area contributed by atoms with Crippen LogP contribution in [0.25, 0.3) is 0 Å². The smallest absolute Gasteiger partial charge is 0.308 e. The lowest BCUT2D eigenvalue weighted by Crippen LogP contribution is -2.42. The third-order valence-electron chi connectivity index (χ3n) is 3.22. The summed E-state index contributed by atoms with van der Waals surface area (Å²) in [4.78, 5) is 11.7. The fourth-order valence-corrected chi connectivity index (χ4v) is 2.59. The lowest BCUT2D eigenvalue weighted by molar-refractivity contribution is -0.244. The Morgan fingerprint density at radius 3 is 2.55 bits per heavy atom. The van der Waals surface area contributed by atoms with Crippen LogP contribution < -0.4 is 0 Å². The van der Waals surface area contributed by atoms with Crippen molar-refractivity contribution >= 4 is 40.8 Å². The number of alkyl halides is 3. The van der Waals surface area contributed by atoms with Crippen LogP contribution in [0.4, 0.5) is 0 Å². The van der Waals surface area contributed by atoms with Crippen LogP contribution in [0.2, 0.25) is 0 Å². The van der Waals surface area contributed by atoms with E-state index in [2.05, 4.69) is 0 Å². The van der Waals surface area contributed by atoms with Gasteiger partial charge in [0.05, 0.1) is 25.2 Å². The van der Waals surface area contributed by atoms with Crippen molar-refractivity contribution in [1.29, 1.82) is 0 Å². The third kappa shape index (κ3) is 5.00. The number of carbonyl (C=O) groups excluding carboxylic acids is 1. The average molecular weight is 368 g/mol. The summed E-state index contributed by atoms with van der Waals surface area (Å²) in [6, 6.07) is 9.56. The first-order valence-corrected chi connectivity index (χ1v) is 8.11. The van der Waals surface area contributed by atoms with Crippen molar-refractivity contribution in [3.63, 3.8) is 0 Å². The summed E-state index contributed by atoms with van der Waals surface area (Å²) < 4.78 is 14.6. The van der Waals surface area contributed by atoms with Gasteiger partial charge in [0.15, 0.2) is 0 Å². The monoisotopic (exact) mass is 366 g/mol. The van der Waals surface area contributed by atoms with Gasteiger partial charge >= 0.3 is 5.97 Å². The molecule has 0 spiro atoms. The van der Waals surface area contributed by atoms with Crippen LogP contribution in [0, 0.1) is 0 Å². The summed E-state index contributed by atoms with van der Waals surface area (Å²) in [6.07, 6.45) is -1.21. The van der Waals surface area contributed by atoms with E-state index in [0.717, 1.165) is 5.56 Å². The second-order valence-electron chi connectivity index (χ2n) is 4.91. The Hall–Kier alpha value is -0.520. The Kier molecular flexibility index (Phi) is 6.36. The number of hydrogen-bond donors (Lipinski definition) is 0. The highest BCUT2D eigenvalue weighted by molar-refractivity contribution is 6.67. The van der Waals surface area contributed by atoms with Gasteiger partial charge in [-0.15, -0.1) is 0 Å². The van der Waals surface area contributed by atoms with Crippen molar-refractivity contribution in [3.8, 4) is 0 Å². The van der Waals surface area contributed by atoms with Gasteiger partial charge in [-0.05, 0) is 12.5 Å². The van der Waals surface area contributed by atoms with Crippen molar-refractivity contribution in [1.82, 2.24) is 0 Å². The SMILES string of the molecule is CCOC(=O)C[C@H]1C[C@@H](c2ccccc2)O[C@@H](C(Cl)(Cl)Cl)O1. The Morgan fingerprint density at radius 1 is 1.27 bits per heavy atom. The summed E-state index contributed by atoms with van der Waals surface area (Å²) in [6.45, 7) is 2.07. The van der Waals surface area contributed by atoms with Gasteiger partial charge in [0.2, 0.25) is 10.1 Å². The fourth-order valence-electron chi connectivity index (χ4n) is 2.28. The van der Waals surface area contributed by atoms with Crippen LogP contribution in [0.3, 0.4) is 0 Å². The summed E-state index contributed by atoms with van der Waals surface area (Å²) >= 11 is 17.7. The Balaban J connectivity index is 2.12. The number of rotatable bonds is 4. The molecule has 0 N–H and O–H groups in total. The van der Waals surface area contributed by atoms with Gasteiger partial charge in [-0.2, -0.15) is 0 Å². The fraction of sp³-hybridized carbons (Fsp3) is 0.533. The minimum absolute atomic E-state index is 0.0950. The number of benzene rings is 1. The van der Waals surface area contributed by atoms with Crippen LogP contribution in [0.15, 0.2) is 30.3 Å². The largest absolute Gasteiger partial charge is 0.466 e. The first kappa shape index (κ1) is 17.8. The Bertz CT molecular complexity index is 489. The van der Waals surface area contributed by atoms with Gasteiger partial charge in [-0.3, -0.25) is 4.79 Å². The van der Waals surface area contributed by atoms with Gasteiger partial charge in [0.1, 0.15) is 0 Å². The van der Waals surface area contributed by atoms with E-state index in [4.69, 9.17) is 49.0 Å². The average Bonchev–Trinajstić information content (AvgIpc) is 2.47. The van der Waals surface area contributed by atoms with E-state index in [-0.39, 0.29) is 18.5 Å². The molecule has 0 aromatic heterocycles. The van der Waals surface area contributed by atoms with Crippen molar-refractivity contribution < 1.29 is 19.0 Å². The minimum Gasteiger partial charge on any atom is -0.466 e. The molecular formula is C15H17Cl3O4. The van der Waals surface area contributed by atoms with Crippen molar-refractivity contribution in [3.05, 3.63) is 35.9 Å². The summed E-state index contributed by atoms with van der Waals surface area (Å²) in [7, 11) is 0. The molecule has 1 aromatic carbocycles. The zero-order valence-electron chi connectivity index (χ0n) is 12.0. The van der Waals surface area contributed by atoms with Gasteiger partial charge in [-0.1, -0.05) is 65.1 Å². The van der Waals surface area contributed by atoms with Crippen molar-refractivity contribution in [2.45, 2.75) is 42.1 Å². The molecule has 2 rings (SSSR count). The lowest BCUT2D eigenvalue weighted by Gasteiger charge is -2.38. The summed E-state index contributed by atoms with van der Waals surface area (Å²) in [5.74, 6) is -0.343. The van der Waals surface area contributed by atoms with E-state index in [0.29, 0.717) is 13.0 Å². The quantitative estimate of drug-likeness (QED) is 0.591. The van der Waals surface area contributed by atoms with Crippen LogP contribution >= 0.6 is 34.8 Å². The molecule has 0 saturated carbocycles. The molecule has 0 radical (unpaired) electrons. The number of esters is 1. The van der Waals surface area contributed by atoms with Crippen LogP contribution in [-0.2, 0) is 19.0 Å². The van der Waals surface area contributed by atoms with E-state index in [1.54, 1.807) is 6.92 Å². The second kappa shape index (κ2) is 7.84. The highest BCUT2D eigenvalue weighted by atomic mass is 35.6. The summed E-state index contributed by atoms with van der Waals surface area (Å²) in [5.41, 5.74) is 0.943.